The van der Waals surface area contributed by atoms with Gasteiger partial charge in [0.15, 0.2) is 5.84 Å². The molecule has 0 aliphatic heterocycles. The Morgan fingerprint density at radius 1 is 1.56 bits per heavy atom. The van der Waals surface area contributed by atoms with Crippen LogP contribution in [0.25, 0.3) is 0 Å². The lowest BCUT2D eigenvalue weighted by Crippen LogP contribution is -2.31. The lowest BCUT2D eigenvalue weighted by Gasteiger charge is -2.15. The van der Waals surface area contributed by atoms with Crippen LogP contribution in [0.15, 0.2) is 10.4 Å². The Kier molecular flexibility index (Phi) is 10.9. The van der Waals surface area contributed by atoms with Crippen molar-refractivity contribution in [1.29, 1.82) is 0 Å². The molecule has 0 aliphatic carbocycles. The van der Waals surface area contributed by atoms with Gasteiger partial charge in [0, 0.05) is 28.4 Å². The van der Waals surface area contributed by atoms with Crippen molar-refractivity contribution in [1.82, 2.24) is 15.2 Å². The Morgan fingerprint density at radius 3 is 2.96 bits per heavy atom. The molecule has 0 bridgehead atoms. The molecule has 0 aliphatic rings. The zero-order valence-corrected chi connectivity index (χ0v) is 16.4. The van der Waals surface area contributed by atoms with Crippen molar-refractivity contribution in [3.8, 4) is 12.3 Å². The number of thioether (sulfide) groups is 1. The Balaban J connectivity index is 2.34. The van der Waals surface area contributed by atoms with Crippen LogP contribution >= 0.6 is 23.1 Å². The maximum absolute atomic E-state index is 10.6. The summed E-state index contributed by atoms with van der Waals surface area (Å²) < 4.78 is 0. The van der Waals surface area contributed by atoms with Gasteiger partial charge in [-0.25, -0.2) is 4.98 Å². The third kappa shape index (κ3) is 9.43. The number of aliphatic imine (C=N–C) groups is 1. The number of aromatic nitrogens is 1. The maximum atomic E-state index is 10.6. The van der Waals surface area contributed by atoms with E-state index in [4.69, 9.17) is 6.42 Å². The van der Waals surface area contributed by atoms with Gasteiger partial charge in [-0.05, 0) is 13.1 Å². The highest BCUT2D eigenvalue weighted by Crippen LogP contribution is 2.17. The fraction of sp³-hybridized carbons (Fsp3) is 0.625. The molecule has 25 heavy (non-hydrogen) atoms. The second-order valence-electron chi connectivity index (χ2n) is 5.12. The van der Waals surface area contributed by atoms with Gasteiger partial charge in [0.2, 0.25) is 0 Å². The van der Waals surface area contributed by atoms with E-state index in [0.717, 1.165) is 41.8 Å². The number of thiazole rings is 1. The van der Waals surface area contributed by atoms with Crippen LogP contribution in [0.4, 0.5) is 0 Å². The molecule has 0 spiro atoms. The van der Waals surface area contributed by atoms with E-state index in [2.05, 4.69) is 45.3 Å². The smallest absolute Gasteiger partial charge is 0.259 e. The largest absolute Gasteiger partial charge is 0.357 e. The molecule has 0 atom stereocenters. The number of terminal acetylenes is 1. The van der Waals surface area contributed by atoms with Gasteiger partial charge in [0.1, 0.15) is 5.01 Å². The third-order valence-corrected chi connectivity index (χ3v) is 5.35. The number of amidine groups is 1. The van der Waals surface area contributed by atoms with Gasteiger partial charge in [-0.15, -0.1) is 17.8 Å². The van der Waals surface area contributed by atoms with Crippen LogP contribution in [0.1, 0.15) is 24.5 Å². The minimum absolute atomic E-state index is 0.244. The quantitative estimate of drug-likeness (QED) is 0.149. The highest BCUT2D eigenvalue weighted by Gasteiger charge is 2.07. The molecular weight excluding hydrogens is 358 g/mol. The Morgan fingerprint density at radius 2 is 2.32 bits per heavy atom. The monoisotopic (exact) mass is 383 g/mol. The van der Waals surface area contributed by atoms with Gasteiger partial charge < -0.3 is 5.32 Å². The summed E-state index contributed by atoms with van der Waals surface area (Å²) in [4.78, 5) is 21.4. The van der Waals surface area contributed by atoms with E-state index in [1.54, 1.807) is 23.1 Å². The zero-order chi connectivity index (χ0) is 18.5. The molecule has 0 amide bonds. The summed E-state index contributed by atoms with van der Waals surface area (Å²) in [5.41, 5.74) is 1.12. The molecule has 1 aromatic rings. The van der Waals surface area contributed by atoms with Crippen LogP contribution in [-0.4, -0.2) is 59.1 Å². The molecule has 0 unspecified atom stereocenters. The van der Waals surface area contributed by atoms with Crippen LogP contribution < -0.4 is 5.32 Å². The highest BCUT2D eigenvalue weighted by molar-refractivity contribution is 7.98. The van der Waals surface area contributed by atoms with E-state index in [1.807, 2.05) is 0 Å². The predicted octanol–water partition coefficient (Wildman–Crippen LogP) is 2.12. The average molecular weight is 384 g/mol. The Labute approximate surface area is 157 Å². The van der Waals surface area contributed by atoms with E-state index in [1.165, 1.54) is 0 Å². The molecule has 0 radical (unpaired) electrons. The van der Waals surface area contributed by atoms with E-state index < -0.39 is 4.92 Å². The van der Waals surface area contributed by atoms with Crippen molar-refractivity contribution in [3.63, 3.8) is 0 Å². The molecule has 7 nitrogen and oxygen atoms in total. The van der Waals surface area contributed by atoms with Crippen molar-refractivity contribution in [3.05, 3.63) is 26.2 Å². The van der Waals surface area contributed by atoms with E-state index in [9.17, 15) is 10.1 Å². The third-order valence-electron chi connectivity index (χ3n) is 3.32. The van der Waals surface area contributed by atoms with E-state index in [0.29, 0.717) is 12.4 Å². The highest BCUT2D eigenvalue weighted by atomic mass is 32.2. The summed E-state index contributed by atoms with van der Waals surface area (Å²) in [6.45, 7) is 7.68. The molecule has 1 heterocycles. The number of nitrogens with one attached hydrogen (secondary N) is 1. The predicted molar refractivity (Wildman–Crippen MR) is 106 cm³/mol. The van der Waals surface area contributed by atoms with Gasteiger partial charge in [0.25, 0.3) is 6.54 Å². The van der Waals surface area contributed by atoms with Gasteiger partial charge in [-0.3, -0.25) is 20.0 Å². The normalized spacial score (nSPS) is 11.5. The summed E-state index contributed by atoms with van der Waals surface area (Å²) in [5, 5.41) is 16.6. The van der Waals surface area contributed by atoms with Gasteiger partial charge >= 0.3 is 0 Å². The zero-order valence-electron chi connectivity index (χ0n) is 14.7. The molecule has 1 rings (SSSR count). The van der Waals surface area contributed by atoms with Crippen LogP contribution in [0.5, 0.6) is 0 Å². The maximum Gasteiger partial charge on any atom is 0.259 e. The van der Waals surface area contributed by atoms with Crippen molar-refractivity contribution in [2.24, 2.45) is 4.99 Å². The number of hydrogen-bond acceptors (Lipinski definition) is 7. The van der Waals surface area contributed by atoms with Gasteiger partial charge in [0.05, 0.1) is 18.8 Å². The van der Waals surface area contributed by atoms with Gasteiger partial charge in [-0.2, -0.15) is 11.8 Å². The van der Waals surface area contributed by atoms with E-state index >= 15 is 0 Å². The van der Waals surface area contributed by atoms with Crippen LogP contribution in [0.3, 0.4) is 0 Å². The fourth-order valence-corrected chi connectivity index (χ4v) is 3.70. The number of rotatable bonds is 12. The van der Waals surface area contributed by atoms with Crippen LogP contribution in [0, 0.1) is 22.5 Å². The lowest BCUT2D eigenvalue weighted by molar-refractivity contribution is -0.463. The molecule has 0 saturated heterocycles. The SMILES string of the molecule is C#CCNC(C[N+](=O)[O-])=NCCSCc1nc(CN(CC)CC)cs1. The first-order valence-electron chi connectivity index (χ1n) is 8.14. The first-order valence-corrected chi connectivity index (χ1v) is 10.2. The Bertz CT molecular complexity index is 594. The summed E-state index contributed by atoms with van der Waals surface area (Å²) in [5.74, 6) is 4.34. The molecular formula is C16H25N5O2S2. The summed E-state index contributed by atoms with van der Waals surface area (Å²) >= 11 is 3.40. The summed E-state index contributed by atoms with van der Waals surface area (Å²) in [7, 11) is 0. The summed E-state index contributed by atoms with van der Waals surface area (Å²) in [6.07, 6.45) is 5.15. The van der Waals surface area contributed by atoms with Crippen molar-refractivity contribution in [2.75, 3.05) is 38.5 Å². The first kappa shape index (κ1) is 21.4. The molecule has 138 valence electrons. The minimum atomic E-state index is -0.414. The number of nitro groups is 1. The van der Waals surface area contributed by atoms with Crippen molar-refractivity contribution < 1.29 is 4.92 Å². The second kappa shape index (κ2) is 12.7. The van der Waals surface area contributed by atoms with Crippen LogP contribution in [0.2, 0.25) is 0 Å². The molecule has 0 fully saturated rings. The molecule has 1 N–H and O–H groups in total. The average Bonchev–Trinajstić information content (AvgIpc) is 3.04. The van der Waals surface area contributed by atoms with Gasteiger partial charge in [-0.1, -0.05) is 19.8 Å². The van der Waals surface area contributed by atoms with E-state index in [-0.39, 0.29) is 13.1 Å². The topological polar surface area (TPSA) is 83.7 Å². The van der Waals surface area contributed by atoms with Crippen molar-refractivity contribution >= 4 is 28.9 Å². The van der Waals surface area contributed by atoms with Crippen LogP contribution in [-0.2, 0) is 12.3 Å². The van der Waals surface area contributed by atoms with Crippen molar-refractivity contribution in [2.45, 2.75) is 26.1 Å². The molecule has 1 aromatic heterocycles. The molecule has 0 aromatic carbocycles. The standard InChI is InChI=1S/C16H25N5O2S2/c1-4-7-17-15(11-21(22)23)18-8-9-24-13-16-19-14(12-25-16)10-20(5-2)6-3/h1,12H,5-11,13H2,2-3H3,(H,17,18). The fourth-order valence-electron chi connectivity index (χ4n) is 2.01. The Hall–Kier alpha value is -1.63. The number of nitrogens with zero attached hydrogens (tertiary/aromatic N) is 4. The molecule has 0 saturated carbocycles. The molecule has 9 heteroatoms. The summed E-state index contributed by atoms with van der Waals surface area (Å²) in [6, 6.07) is 0. The second-order valence-corrected chi connectivity index (χ2v) is 7.17. The first-order chi connectivity index (χ1) is 12.1. The number of hydrogen-bond donors (Lipinski definition) is 1. The minimum Gasteiger partial charge on any atom is -0.357 e. The lowest BCUT2D eigenvalue weighted by atomic mass is 10.4.